The molecule has 1 atom stereocenters. The van der Waals surface area contributed by atoms with E-state index in [1.807, 2.05) is 0 Å². The molecule has 0 fully saturated rings. The lowest BCUT2D eigenvalue weighted by molar-refractivity contribution is -0.153. The number of rotatable bonds is 6. The molecule has 0 radical (unpaired) electrons. The third-order valence-corrected chi connectivity index (χ3v) is 2.78. The van der Waals surface area contributed by atoms with Crippen LogP contribution in [0.15, 0.2) is 36.6 Å². The summed E-state index contributed by atoms with van der Waals surface area (Å²) in [6.07, 6.45) is 6.25. The Balaban J connectivity index is 2.87. The van der Waals surface area contributed by atoms with Crippen molar-refractivity contribution in [2.24, 2.45) is 0 Å². The van der Waals surface area contributed by atoms with Gasteiger partial charge in [0.2, 0.25) is 0 Å². The Morgan fingerprint density at radius 3 is 2.33 bits per heavy atom. The molecule has 116 valence electrons. The lowest BCUT2D eigenvalue weighted by atomic mass is 9.91. The van der Waals surface area contributed by atoms with Crippen molar-refractivity contribution in [2.75, 3.05) is 0 Å². The first-order chi connectivity index (χ1) is 9.80. The molecule has 0 aliphatic carbocycles. The Bertz CT molecular complexity index is 477. The SMILES string of the molecule is C=CC[C@]1(C(=O)OC(C)C)C=CC(C(=O)OC(C)C)=CN1. The highest BCUT2D eigenvalue weighted by Crippen LogP contribution is 2.22. The smallest absolute Gasteiger partial charge is 0.339 e. The number of nitrogens with one attached hydrogen (secondary N) is 1. The molecule has 0 amide bonds. The lowest BCUT2D eigenvalue weighted by Gasteiger charge is -2.31. The molecule has 0 aromatic rings. The molecule has 1 aliphatic heterocycles. The van der Waals surface area contributed by atoms with Crippen LogP contribution in [0.5, 0.6) is 0 Å². The Morgan fingerprint density at radius 2 is 1.90 bits per heavy atom. The first kappa shape index (κ1) is 17.0. The minimum Gasteiger partial charge on any atom is -0.461 e. The van der Waals surface area contributed by atoms with E-state index in [1.165, 1.54) is 6.20 Å². The lowest BCUT2D eigenvalue weighted by Crippen LogP contribution is -2.51. The molecule has 1 aliphatic rings. The van der Waals surface area contributed by atoms with Crippen LogP contribution in [0.2, 0.25) is 0 Å². The summed E-state index contributed by atoms with van der Waals surface area (Å²) in [6, 6.07) is 0. The number of ether oxygens (including phenoxy) is 2. The summed E-state index contributed by atoms with van der Waals surface area (Å²) in [7, 11) is 0. The van der Waals surface area contributed by atoms with Crippen LogP contribution in [-0.2, 0) is 19.1 Å². The van der Waals surface area contributed by atoms with E-state index in [1.54, 1.807) is 45.9 Å². The Labute approximate surface area is 125 Å². The third-order valence-electron chi connectivity index (χ3n) is 2.78. The van der Waals surface area contributed by atoms with Crippen LogP contribution in [0, 0.1) is 0 Å². The summed E-state index contributed by atoms with van der Waals surface area (Å²) in [4.78, 5) is 24.1. The molecule has 0 unspecified atom stereocenters. The van der Waals surface area contributed by atoms with E-state index in [4.69, 9.17) is 9.47 Å². The van der Waals surface area contributed by atoms with Crippen molar-refractivity contribution in [3.8, 4) is 0 Å². The summed E-state index contributed by atoms with van der Waals surface area (Å²) in [5.74, 6) is -0.834. The molecule has 1 N–H and O–H groups in total. The molecular formula is C16H23NO4. The van der Waals surface area contributed by atoms with Gasteiger partial charge in [0, 0.05) is 12.6 Å². The zero-order valence-electron chi connectivity index (χ0n) is 13.0. The van der Waals surface area contributed by atoms with Gasteiger partial charge in [-0.3, -0.25) is 0 Å². The maximum absolute atomic E-state index is 12.2. The quantitative estimate of drug-likeness (QED) is 0.601. The van der Waals surface area contributed by atoms with Crippen molar-refractivity contribution >= 4 is 11.9 Å². The zero-order chi connectivity index (χ0) is 16.0. The normalized spacial score (nSPS) is 20.8. The van der Waals surface area contributed by atoms with Crippen LogP contribution in [-0.4, -0.2) is 29.7 Å². The van der Waals surface area contributed by atoms with Gasteiger partial charge in [0.1, 0.15) is 0 Å². The molecule has 5 nitrogen and oxygen atoms in total. The van der Waals surface area contributed by atoms with Gasteiger partial charge in [0.15, 0.2) is 5.54 Å². The zero-order valence-corrected chi connectivity index (χ0v) is 13.0. The van der Waals surface area contributed by atoms with E-state index in [2.05, 4.69) is 11.9 Å². The van der Waals surface area contributed by atoms with E-state index < -0.39 is 17.5 Å². The summed E-state index contributed by atoms with van der Waals surface area (Å²) in [5, 5.41) is 2.95. The van der Waals surface area contributed by atoms with E-state index in [0.717, 1.165) is 0 Å². The van der Waals surface area contributed by atoms with Crippen LogP contribution in [0.1, 0.15) is 34.1 Å². The molecule has 0 aromatic heterocycles. The Morgan fingerprint density at radius 1 is 1.29 bits per heavy atom. The number of hydrogen-bond acceptors (Lipinski definition) is 5. The molecule has 1 rings (SSSR count). The molecular weight excluding hydrogens is 270 g/mol. The van der Waals surface area contributed by atoms with Crippen LogP contribution in [0.3, 0.4) is 0 Å². The van der Waals surface area contributed by atoms with Crippen molar-refractivity contribution in [2.45, 2.75) is 51.9 Å². The van der Waals surface area contributed by atoms with Crippen LogP contribution >= 0.6 is 0 Å². The highest BCUT2D eigenvalue weighted by atomic mass is 16.5. The van der Waals surface area contributed by atoms with Crippen LogP contribution in [0.4, 0.5) is 0 Å². The summed E-state index contributed by atoms with van der Waals surface area (Å²) >= 11 is 0. The fraction of sp³-hybridized carbons (Fsp3) is 0.500. The molecule has 1 heterocycles. The standard InChI is InChI=1S/C16H23NO4/c1-6-8-16(15(19)21-12(4)5)9-7-13(10-17-16)14(18)20-11(2)3/h6-7,9-12,17H,1,8H2,2-5H3/t16-/m1/s1. The fourth-order valence-electron chi connectivity index (χ4n) is 1.83. The van der Waals surface area contributed by atoms with Gasteiger partial charge in [0.05, 0.1) is 17.8 Å². The fourth-order valence-corrected chi connectivity index (χ4v) is 1.83. The van der Waals surface area contributed by atoms with Gasteiger partial charge >= 0.3 is 11.9 Å². The van der Waals surface area contributed by atoms with Gasteiger partial charge < -0.3 is 14.8 Å². The van der Waals surface area contributed by atoms with Gasteiger partial charge in [-0.05, 0) is 39.8 Å². The van der Waals surface area contributed by atoms with Gasteiger partial charge in [0.25, 0.3) is 0 Å². The first-order valence-electron chi connectivity index (χ1n) is 7.01. The van der Waals surface area contributed by atoms with E-state index >= 15 is 0 Å². The van der Waals surface area contributed by atoms with Gasteiger partial charge in [-0.2, -0.15) is 0 Å². The summed E-state index contributed by atoms with van der Waals surface area (Å²) in [6.45, 7) is 10.8. The van der Waals surface area contributed by atoms with Gasteiger partial charge in [-0.1, -0.05) is 6.08 Å². The molecule has 0 saturated carbocycles. The first-order valence-corrected chi connectivity index (χ1v) is 7.01. The van der Waals surface area contributed by atoms with E-state index in [-0.39, 0.29) is 12.2 Å². The van der Waals surface area contributed by atoms with E-state index in [0.29, 0.717) is 12.0 Å². The monoisotopic (exact) mass is 293 g/mol. The maximum Gasteiger partial charge on any atom is 0.339 e. The van der Waals surface area contributed by atoms with Crippen molar-refractivity contribution in [1.29, 1.82) is 0 Å². The number of carbonyl (C=O) groups is 2. The minimum absolute atomic E-state index is 0.197. The summed E-state index contributed by atoms with van der Waals surface area (Å²) < 4.78 is 10.4. The number of esters is 2. The minimum atomic E-state index is -1.02. The summed E-state index contributed by atoms with van der Waals surface area (Å²) in [5.41, 5.74) is -0.658. The Kier molecular flexibility index (Phi) is 5.76. The third kappa shape index (κ3) is 4.48. The van der Waals surface area contributed by atoms with Crippen molar-refractivity contribution in [3.05, 3.63) is 36.6 Å². The van der Waals surface area contributed by atoms with Crippen molar-refractivity contribution < 1.29 is 19.1 Å². The van der Waals surface area contributed by atoms with Gasteiger partial charge in [-0.25, -0.2) is 9.59 Å². The molecule has 0 bridgehead atoms. The highest BCUT2D eigenvalue weighted by Gasteiger charge is 2.38. The molecule has 0 spiro atoms. The second-order valence-corrected chi connectivity index (χ2v) is 5.45. The highest BCUT2D eigenvalue weighted by molar-refractivity contribution is 5.93. The predicted molar refractivity (Wildman–Crippen MR) is 80.4 cm³/mol. The molecule has 0 saturated heterocycles. The van der Waals surface area contributed by atoms with Gasteiger partial charge in [-0.15, -0.1) is 6.58 Å². The molecule has 5 heteroatoms. The average Bonchev–Trinajstić information content (AvgIpc) is 2.38. The van der Waals surface area contributed by atoms with Crippen molar-refractivity contribution in [1.82, 2.24) is 5.32 Å². The number of dihydropyridines is 1. The maximum atomic E-state index is 12.2. The Hall–Kier alpha value is -2.04. The average molecular weight is 293 g/mol. The largest absolute Gasteiger partial charge is 0.461 e. The molecule has 21 heavy (non-hydrogen) atoms. The number of carbonyl (C=O) groups excluding carboxylic acids is 2. The second kappa shape index (κ2) is 7.11. The number of hydrogen-bond donors (Lipinski definition) is 1. The topological polar surface area (TPSA) is 64.6 Å². The van der Waals surface area contributed by atoms with E-state index in [9.17, 15) is 9.59 Å². The molecule has 0 aromatic carbocycles. The predicted octanol–water partition coefficient (Wildman–Crippen LogP) is 2.25. The second-order valence-electron chi connectivity index (χ2n) is 5.45. The van der Waals surface area contributed by atoms with Crippen LogP contribution in [0.25, 0.3) is 0 Å². The van der Waals surface area contributed by atoms with Crippen LogP contribution < -0.4 is 5.32 Å². The van der Waals surface area contributed by atoms with Crippen molar-refractivity contribution in [3.63, 3.8) is 0 Å².